The normalized spacial score (nSPS) is 23.8. The molecule has 100 valence electrons. The van der Waals surface area contributed by atoms with Crippen LogP contribution in [0.1, 0.15) is 38.2 Å². The summed E-state index contributed by atoms with van der Waals surface area (Å²) in [6.07, 6.45) is 5.23. The first-order valence-corrected chi connectivity index (χ1v) is 7.10. The van der Waals surface area contributed by atoms with Crippen molar-refractivity contribution < 1.29 is 4.74 Å². The molecule has 2 unspecified atom stereocenters. The molecule has 1 saturated carbocycles. The van der Waals surface area contributed by atoms with E-state index in [1.807, 2.05) is 13.0 Å². The second-order valence-electron chi connectivity index (χ2n) is 5.31. The van der Waals surface area contributed by atoms with Crippen molar-refractivity contribution in [3.05, 3.63) is 22.7 Å². The zero-order valence-corrected chi connectivity index (χ0v) is 12.2. The van der Waals surface area contributed by atoms with E-state index in [0.29, 0.717) is 6.04 Å². The maximum absolute atomic E-state index is 6.13. The van der Waals surface area contributed by atoms with Gasteiger partial charge in [-0.3, -0.25) is 0 Å². The van der Waals surface area contributed by atoms with Crippen LogP contribution in [0.3, 0.4) is 0 Å². The summed E-state index contributed by atoms with van der Waals surface area (Å²) in [6, 6.07) is 4.53. The highest BCUT2D eigenvalue weighted by molar-refractivity contribution is 6.31. The van der Waals surface area contributed by atoms with Crippen LogP contribution in [0.5, 0.6) is 5.75 Å². The van der Waals surface area contributed by atoms with Crippen LogP contribution in [0.25, 0.3) is 0 Å². The Morgan fingerprint density at radius 3 is 2.67 bits per heavy atom. The Morgan fingerprint density at radius 1 is 1.28 bits per heavy atom. The van der Waals surface area contributed by atoms with Crippen LogP contribution < -0.4 is 10.1 Å². The average molecular weight is 268 g/mol. The van der Waals surface area contributed by atoms with E-state index in [4.69, 9.17) is 16.3 Å². The number of methoxy groups -OCH3 is 1. The third-order valence-electron chi connectivity index (χ3n) is 3.93. The van der Waals surface area contributed by atoms with Crippen LogP contribution in [-0.2, 0) is 0 Å². The van der Waals surface area contributed by atoms with E-state index in [1.54, 1.807) is 7.11 Å². The predicted octanol–water partition coefficient (Wildman–Crippen LogP) is 4.65. The fourth-order valence-electron chi connectivity index (χ4n) is 2.68. The Balaban J connectivity index is 2.19. The zero-order chi connectivity index (χ0) is 13.1. The molecular weight excluding hydrogens is 246 g/mol. The van der Waals surface area contributed by atoms with Gasteiger partial charge < -0.3 is 10.1 Å². The number of anilines is 1. The molecule has 0 radical (unpaired) electrons. The minimum atomic E-state index is 0.549. The van der Waals surface area contributed by atoms with Crippen molar-refractivity contribution in [2.75, 3.05) is 12.4 Å². The molecule has 1 aliphatic rings. The van der Waals surface area contributed by atoms with Crippen LogP contribution in [-0.4, -0.2) is 13.2 Å². The van der Waals surface area contributed by atoms with E-state index in [-0.39, 0.29) is 0 Å². The summed E-state index contributed by atoms with van der Waals surface area (Å²) in [5, 5.41) is 4.39. The summed E-state index contributed by atoms with van der Waals surface area (Å²) >= 11 is 6.13. The van der Waals surface area contributed by atoms with Crippen molar-refractivity contribution in [3.63, 3.8) is 0 Å². The Kier molecular flexibility index (Phi) is 4.39. The third-order valence-corrected chi connectivity index (χ3v) is 4.34. The van der Waals surface area contributed by atoms with Gasteiger partial charge in [-0.05, 0) is 37.3 Å². The maximum Gasteiger partial charge on any atom is 0.143 e. The largest absolute Gasteiger partial charge is 0.495 e. The maximum atomic E-state index is 6.13. The quantitative estimate of drug-likeness (QED) is 0.861. The minimum Gasteiger partial charge on any atom is -0.495 e. The van der Waals surface area contributed by atoms with Gasteiger partial charge in [-0.2, -0.15) is 0 Å². The van der Waals surface area contributed by atoms with Crippen LogP contribution in [0.4, 0.5) is 5.69 Å². The molecule has 0 spiro atoms. The average Bonchev–Trinajstić information content (AvgIpc) is 2.36. The second-order valence-corrected chi connectivity index (χ2v) is 5.72. The van der Waals surface area contributed by atoms with Crippen molar-refractivity contribution in [1.29, 1.82) is 0 Å². The Hall–Kier alpha value is -0.890. The molecule has 0 amide bonds. The summed E-state index contributed by atoms with van der Waals surface area (Å²) in [4.78, 5) is 0. The number of ether oxygens (including phenoxy) is 1. The highest BCUT2D eigenvalue weighted by Crippen LogP contribution is 2.34. The molecule has 2 atom stereocenters. The number of aryl methyl sites for hydroxylation is 1. The van der Waals surface area contributed by atoms with Crippen molar-refractivity contribution in [2.45, 2.75) is 45.6 Å². The molecule has 1 aromatic carbocycles. The highest BCUT2D eigenvalue weighted by atomic mass is 35.5. The molecule has 1 fully saturated rings. The number of benzene rings is 1. The van der Waals surface area contributed by atoms with Crippen LogP contribution in [0, 0.1) is 12.8 Å². The van der Waals surface area contributed by atoms with Crippen molar-refractivity contribution in [2.24, 2.45) is 5.92 Å². The fraction of sp³-hybridized carbons (Fsp3) is 0.600. The molecule has 2 rings (SSSR count). The lowest BCUT2D eigenvalue weighted by molar-refractivity contribution is 0.347. The van der Waals surface area contributed by atoms with Gasteiger partial charge in [-0.15, -0.1) is 0 Å². The number of hydrogen-bond donors (Lipinski definition) is 1. The van der Waals surface area contributed by atoms with E-state index in [1.165, 1.54) is 25.7 Å². The number of halogens is 1. The fourth-order valence-corrected chi connectivity index (χ4v) is 2.83. The predicted molar refractivity (Wildman–Crippen MR) is 77.8 cm³/mol. The molecule has 0 heterocycles. The van der Waals surface area contributed by atoms with Crippen LogP contribution in [0.2, 0.25) is 5.02 Å². The van der Waals surface area contributed by atoms with Crippen LogP contribution >= 0.6 is 11.6 Å². The highest BCUT2D eigenvalue weighted by Gasteiger charge is 2.22. The van der Waals surface area contributed by atoms with Crippen molar-refractivity contribution in [1.82, 2.24) is 0 Å². The first kappa shape index (κ1) is 13.5. The lowest BCUT2D eigenvalue weighted by Crippen LogP contribution is -2.30. The van der Waals surface area contributed by atoms with Gasteiger partial charge in [0.05, 0.1) is 12.8 Å². The molecule has 3 heteroatoms. The topological polar surface area (TPSA) is 21.3 Å². The summed E-state index contributed by atoms with van der Waals surface area (Å²) in [6.45, 7) is 4.35. The second kappa shape index (κ2) is 5.83. The summed E-state index contributed by atoms with van der Waals surface area (Å²) in [5.41, 5.74) is 2.15. The molecule has 0 saturated heterocycles. The Labute approximate surface area is 115 Å². The van der Waals surface area contributed by atoms with Gasteiger partial charge in [0.15, 0.2) is 0 Å². The summed E-state index contributed by atoms with van der Waals surface area (Å²) < 4.78 is 5.41. The summed E-state index contributed by atoms with van der Waals surface area (Å²) in [7, 11) is 1.69. The number of nitrogens with one attached hydrogen (secondary N) is 1. The monoisotopic (exact) mass is 267 g/mol. The van der Waals surface area contributed by atoms with Crippen molar-refractivity contribution >= 4 is 17.3 Å². The van der Waals surface area contributed by atoms with E-state index < -0.39 is 0 Å². The molecule has 18 heavy (non-hydrogen) atoms. The van der Waals surface area contributed by atoms with Gasteiger partial charge in [0.25, 0.3) is 0 Å². The Morgan fingerprint density at radius 2 is 2.00 bits per heavy atom. The van der Waals surface area contributed by atoms with E-state index >= 15 is 0 Å². The standard InChI is InChI=1S/C15H22ClNO/c1-10-6-4-5-7-13(10)17-14-8-11(2)12(16)9-15(14)18-3/h8-10,13,17H,4-7H2,1-3H3. The molecule has 1 aliphatic carbocycles. The van der Waals surface area contributed by atoms with Crippen LogP contribution in [0.15, 0.2) is 12.1 Å². The van der Waals surface area contributed by atoms with Crippen molar-refractivity contribution in [3.8, 4) is 5.75 Å². The van der Waals surface area contributed by atoms with Gasteiger partial charge in [0.1, 0.15) is 5.75 Å². The molecule has 1 N–H and O–H groups in total. The zero-order valence-electron chi connectivity index (χ0n) is 11.4. The van der Waals surface area contributed by atoms with Gasteiger partial charge in [0.2, 0.25) is 0 Å². The lowest BCUT2D eigenvalue weighted by Gasteiger charge is -2.31. The van der Waals surface area contributed by atoms with E-state index in [2.05, 4.69) is 18.3 Å². The summed E-state index contributed by atoms with van der Waals surface area (Å²) in [5.74, 6) is 1.56. The number of rotatable bonds is 3. The number of hydrogen-bond acceptors (Lipinski definition) is 2. The smallest absolute Gasteiger partial charge is 0.143 e. The van der Waals surface area contributed by atoms with E-state index in [0.717, 1.165) is 27.9 Å². The van der Waals surface area contributed by atoms with Gasteiger partial charge in [-0.25, -0.2) is 0 Å². The Bertz CT molecular complexity index is 419. The molecule has 1 aromatic rings. The molecule has 0 aromatic heterocycles. The van der Waals surface area contributed by atoms with Gasteiger partial charge in [0, 0.05) is 17.1 Å². The lowest BCUT2D eigenvalue weighted by atomic mass is 9.86. The SMILES string of the molecule is COc1cc(Cl)c(C)cc1NC1CCCCC1C. The van der Waals surface area contributed by atoms with Gasteiger partial charge >= 0.3 is 0 Å². The molecule has 0 aliphatic heterocycles. The van der Waals surface area contributed by atoms with Gasteiger partial charge in [-0.1, -0.05) is 31.4 Å². The molecule has 2 nitrogen and oxygen atoms in total. The first-order chi connectivity index (χ1) is 8.61. The minimum absolute atomic E-state index is 0.549. The first-order valence-electron chi connectivity index (χ1n) is 6.72. The molecular formula is C15H22ClNO. The molecule has 0 bridgehead atoms. The third kappa shape index (κ3) is 2.92. The van der Waals surface area contributed by atoms with E-state index in [9.17, 15) is 0 Å².